The second-order valence-electron chi connectivity index (χ2n) is 7.52. The Kier molecular flexibility index (Phi) is 6.48. The van der Waals surface area contributed by atoms with Crippen molar-refractivity contribution in [3.8, 4) is 5.75 Å². The van der Waals surface area contributed by atoms with Gasteiger partial charge in [-0.3, -0.25) is 14.7 Å². The Morgan fingerprint density at radius 1 is 1.35 bits per heavy atom. The first-order valence-electron chi connectivity index (χ1n) is 9.68. The summed E-state index contributed by atoms with van der Waals surface area (Å²) in [6, 6.07) is 0.275. The largest absolute Gasteiger partial charge is 0.496 e. The molecule has 0 saturated carbocycles. The number of aryl methyl sites for hydroxylation is 1. The molecule has 1 atom stereocenters. The number of ether oxygens (including phenoxy) is 2. The number of pyridine rings is 1. The Labute approximate surface area is 156 Å². The van der Waals surface area contributed by atoms with Gasteiger partial charge in [-0.25, -0.2) is 0 Å². The van der Waals surface area contributed by atoms with E-state index in [2.05, 4.69) is 22.1 Å². The molecule has 6 nitrogen and oxygen atoms in total. The third-order valence-corrected chi connectivity index (χ3v) is 5.57. The lowest BCUT2D eigenvalue weighted by Gasteiger charge is -2.33. The average molecular weight is 361 g/mol. The lowest BCUT2D eigenvalue weighted by molar-refractivity contribution is -0.128. The number of piperidine rings is 1. The van der Waals surface area contributed by atoms with Crippen LogP contribution in [0.25, 0.3) is 0 Å². The summed E-state index contributed by atoms with van der Waals surface area (Å²) in [5, 5.41) is 3.23. The second kappa shape index (κ2) is 8.82. The number of nitrogens with zero attached hydrogens (tertiary/aromatic N) is 2. The van der Waals surface area contributed by atoms with Gasteiger partial charge < -0.3 is 14.8 Å². The topological polar surface area (TPSA) is 63.7 Å². The van der Waals surface area contributed by atoms with Crippen molar-refractivity contribution >= 4 is 5.91 Å². The van der Waals surface area contributed by atoms with E-state index in [9.17, 15) is 4.79 Å². The van der Waals surface area contributed by atoms with E-state index in [0.29, 0.717) is 0 Å². The van der Waals surface area contributed by atoms with Gasteiger partial charge in [0, 0.05) is 49.7 Å². The van der Waals surface area contributed by atoms with Gasteiger partial charge >= 0.3 is 0 Å². The van der Waals surface area contributed by atoms with Gasteiger partial charge in [-0.2, -0.15) is 0 Å². The number of rotatable bonds is 5. The summed E-state index contributed by atoms with van der Waals surface area (Å²) in [7, 11) is 1.71. The van der Waals surface area contributed by atoms with Gasteiger partial charge in [0.05, 0.1) is 18.7 Å². The molecule has 26 heavy (non-hydrogen) atoms. The molecule has 1 N–H and O–H groups in total. The van der Waals surface area contributed by atoms with Gasteiger partial charge in [-0.05, 0) is 46.1 Å². The van der Waals surface area contributed by atoms with Crippen LogP contribution in [0.5, 0.6) is 5.75 Å². The number of hydrogen-bond acceptors (Lipinski definition) is 5. The molecule has 0 aromatic carbocycles. The molecule has 1 aromatic heterocycles. The smallest absolute Gasteiger partial charge is 0.224 e. The van der Waals surface area contributed by atoms with Crippen molar-refractivity contribution in [2.24, 2.45) is 5.92 Å². The van der Waals surface area contributed by atoms with Crippen LogP contribution in [0.2, 0.25) is 0 Å². The lowest BCUT2D eigenvalue weighted by atomic mass is 9.95. The van der Waals surface area contributed by atoms with Crippen molar-refractivity contribution in [2.75, 3.05) is 33.4 Å². The molecule has 1 unspecified atom stereocenters. The van der Waals surface area contributed by atoms with E-state index < -0.39 is 0 Å². The maximum Gasteiger partial charge on any atom is 0.224 e. The average Bonchev–Trinajstić information content (AvgIpc) is 2.65. The zero-order chi connectivity index (χ0) is 18.5. The van der Waals surface area contributed by atoms with Crippen LogP contribution in [-0.2, 0) is 16.1 Å². The van der Waals surface area contributed by atoms with E-state index in [1.165, 1.54) is 0 Å². The highest BCUT2D eigenvalue weighted by atomic mass is 16.5. The minimum atomic E-state index is 0.0687. The molecule has 1 amide bonds. The third kappa shape index (κ3) is 4.54. The van der Waals surface area contributed by atoms with Crippen molar-refractivity contribution in [3.63, 3.8) is 0 Å². The number of carbonyl (C=O) groups is 1. The predicted octanol–water partition coefficient (Wildman–Crippen LogP) is 2.21. The summed E-state index contributed by atoms with van der Waals surface area (Å²) in [6.45, 7) is 8.16. The fraction of sp³-hybridized carbons (Fsp3) is 0.700. The molecule has 3 rings (SSSR count). The maximum atomic E-state index is 12.7. The van der Waals surface area contributed by atoms with Crippen LogP contribution >= 0.6 is 0 Å². The highest BCUT2D eigenvalue weighted by Gasteiger charge is 2.28. The third-order valence-electron chi connectivity index (χ3n) is 5.57. The SMILES string of the molecule is COc1c(C)cnc(CN2CCCC(C(=O)NC3CCOCC3)C2)c1C. The number of methoxy groups -OCH3 is 1. The summed E-state index contributed by atoms with van der Waals surface area (Å²) >= 11 is 0. The first-order chi connectivity index (χ1) is 12.6. The number of likely N-dealkylation sites (tertiary alicyclic amines) is 1. The van der Waals surface area contributed by atoms with Crippen molar-refractivity contribution < 1.29 is 14.3 Å². The molecule has 0 aliphatic carbocycles. The van der Waals surface area contributed by atoms with E-state index in [1.54, 1.807) is 7.11 Å². The minimum Gasteiger partial charge on any atom is -0.496 e. The lowest BCUT2D eigenvalue weighted by Crippen LogP contribution is -2.47. The number of carbonyl (C=O) groups excluding carboxylic acids is 1. The Bertz CT molecular complexity index is 629. The molecule has 2 saturated heterocycles. The highest BCUT2D eigenvalue weighted by Crippen LogP contribution is 2.26. The van der Waals surface area contributed by atoms with Crippen molar-refractivity contribution in [3.05, 3.63) is 23.0 Å². The minimum absolute atomic E-state index is 0.0687. The van der Waals surface area contributed by atoms with Crippen LogP contribution in [-0.4, -0.2) is 55.2 Å². The van der Waals surface area contributed by atoms with Gasteiger partial charge in [0.15, 0.2) is 0 Å². The standard InChI is InChI=1S/C20H31N3O3/c1-14-11-21-18(15(2)19(14)25-3)13-23-8-4-5-16(12-23)20(24)22-17-6-9-26-10-7-17/h11,16-17H,4-10,12-13H2,1-3H3,(H,22,24). The van der Waals surface area contributed by atoms with Crippen LogP contribution in [0.1, 0.15) is 42.5 Å². The fourth-order valence-corrected chi connectivity index (χ4v) is 4.02. The van der Waals surface area contributed by atoms with Gasteiger partial charge in [0.25, 0.3) is 0 Å². The van der Waals surface area contributed by atoms with E-state index in [1.807, 2.05) is 13.1 Å². The normalized spacial score (nSPS) is 22.2. The summed E-state index contributed by atoms with van der Waals surface area (Å²) in [5.41, 5.74) is 3.19. The van der Waals surface area contributed by atoms with Crippen LogP contribution in [0.4, 0.5) is 0 Å². The number of nitrogens with one attached hydrogen (secondary N) is 1. The van der Waals surface area contributed by atoms with Crippen LogP contribution in [0, 0.1) is 19.8 Å². The Balaban J connectivity index is 1.59. The quantitative estimate of drug-likeness (QED) is 0.871. The summed E-state index contributed by atoms with van der Waals surface area (Å²) in [5.74, 6) is 1.19. The number of aromatic nitrogens is 1. The number of amides is 1. The molecule has 2 fully saturated rings. The van der Waals surface area contributed by atoms with Crippen LogP contribution < -0.4 is 10.1 Å². The summed E-state index contributed by atoms with van der Waals surface area (Å²) < 4.78 is 10.9. The molecular weight excluding hydrogens is 330 g/mol. The van der Waals surface area contributed by atoms with Gasteiger partial charge in [0.1, 0.15) is 5.75 Å². The molecule has 0 spiro atoms. The zero-order valence-corrected chi connectivity index (χ0v) is 16.2. The Hall–Kier alpha value is -1.66. The van der Waals surface area contributed by atoms with E-state index in [0.717, 1.165) is 81.1 Å². The first kappa shape index (κ1) is 19.1. The molecule has 2 aliphatic heterocycles. The molecule has 2 aliphatic rings. The zero-order valence-electron chi connectivity index (χ0n) is 16.2. The van der Waals surface area contributed by atoms with Gasteiger partial charge in [0.2, 0.25) is 5.91 Å². The first-order valence-corrected chi connectivity index (χ1v) is 9.68. The van der Waals surface area contributed by atoms with Crippen molar-refractivity contribution in [1.82, 2.24) is 15.2 Å². The van der Waals surface area contributed by atoms with Crippen LogP contribution in [0.3, 0.4) is 0 Å². The molecular formula is C20H31N3O3. The monoisotopic (exact) mass is 361 g/mol. The molecule has 0 bridgehead atoms. The van der Waals surface area contributed by atoms with Gasteiger partial charge in [-0.15, -0.1) is 0 Å². The molecule has 3 heterocycles. The summed E-state index contributed by atoms with van der Waals surface area (Å²) in [6.07, 6.45) is 5.74. The molecule has 6 heteroatoms. The predicted molar refractivity (Wildman–Crippen MR) is 100 cm³/mol. The number of hydrogen-bond donors (Lipinski definition) is 1. The van der Waals surface area contributed by atoms with Gasteiger partial charge in [-0.1, -0.05) is 0 Å². The maximum absolute atomic E-state index is 12.7. The Morgan fingerprint density at radius 3 is 2.85 bits per heavy atom. The van der Waals surface area contributed by atoms with E-state index in [4.69, 9.17) is 9.47 Å². The van der Waals surface area contributed by atoms with Crippen LogP contribution in [0.15, 0.2) is 6.20 Å². The fourth-order valence-electron chi connectivity index (χ4n) is 4.02. The molecule has 0 radical (unpaired) electrons. The molecule has 144 valence electrons. The van der Waals surface area contributed by atoms with E-state index in [-0.39, 0.29) is 17.9 Å². The van der Waals surface area contributed by atoms with E-state index >= 15 is 0 Å². The van der Waals surface area contributed by atoms with Crippen molar-refractivity contribution in [2.45, 2.75) is 52.1 Å². The van der Waals surface area contributed by atoms with Crippen molar-refractivity contribution in [1.29, 1.82) is 0 Å². The molecule has 1 aromatic rings. The second-order valence-corrected chi connectivity index (χ2v) is 7.52. The highest BCUT2D eigenvalue weighted by molar-refractivity contribution is 5.79. The Morgan fingerprint density at radius 2 is 2.12 bits per heavy atom. The summed E-state index contributed by atoms with van der Waals surface area (Å²) in [4.78, 5) is 19.6.